The Bertz CT molecular complexity index is 354. The highest BCUT2D eigenvalue weighted by Crippen LogP contribution is 2.27. The molecule has 0 saturated carbocycles. The van der Waals surface area contributed by atoms with Crippen LogP contribution in [0.5, 0.6) is 0 Å². The van der Waals surface area contributed by atoms with Gasteiger partial charge < -0.3 is 10.2 Å². The van der Waals surface area contributed by atoms with Crippen LogP contribution in [0.4, 0.5) is 0 Å². The summed E-state index contributed by atoms with van der Waals surface area (Å²) in [5.74, 6) is 2.00. The molecular formula is C17H32N2O. The van der Waals surface area contributed by atoms with Gasteiger partial charge in [-0.1, -0.05) is 33.6 Å². The van der Waals surface area contributed by atoms with Crippen LogP contribution in [0.3, 0.4) is 0 Å². The lowest BCUT2D eigenvalue weighted by Crippen LogP contribution is -2.41. The summed E-state index contributed by atoms with van der Waals surface area (Å²) >= 11 is 0. The molecule has 0 aromatic carbocycles. The van der Waals surface area contributed by atoms with Crippen molar-refractivity contribution in [3.05, 3.63) is 23.7 Å². The van der Waals surface area contributed by atoms with E-state index >= 15 is 0 Å². The van der Waals surface area contributed by atoms with Crippen LogP contribution < -0.4 is 5.73 Å². The zero-order valence-corrected chi connectivity index (χ0v) is 13.7. The van der Waals surface area contributed by atoms with Crippen LogP contribution in [-0.2, 0) is 0 Å². The van der Waals surface area contributed by atoms with Crippen molar-refractivity contribution in [1.82, 2.24) is 4.90 Å². The van der Waals surface area contributed by atoms with Crippen LogP contribution in [-0.4, -0.2) is 24.0 Å². The summed E-state index contributed by atoms with van der Waals surface area (Å²) in [6, 6.07) is 4.49. The lowest BCUT2D eigenvalue weighted by molar-refractivity contribution is 0.142. The van der Waals surface area contributed by atoms with Crippen molar-refractivity contribution in [2.45, 2.75) is 71.9 Å². The van der Waals surface area contributed by atoms with Crippen molar-refractivity contribution in [2.75, 3.05) is 13.1 Å². The van der Waals surface area contributed by atoms with Gasteiger partial charge in [-0.05, 0) is 51.4 Å². The van der Waals surface area contributed by atoms with E-state index in [9.17, 15) is 0 Å². The van der Waals surface area contributed by atoms with Crippen LogP contribution in [0.25, 0.3) is 0 Å². The predicted octanol–water partition coefficient (Wildman–Crippen LogP) is 4.27. The van der Waals surface area contributed by atoms with E-state index in [1.54, 1.807) is 0 Å². The molecule has 0 amide bonds. The minimum atomic E-state index is 0.134. The molecule has 0 spiro atoms. The fourth-order valence-corrected chi connectivity index (χ4v) is 2.61. The van der Waals surface area contributed by atoms with Gasteiger partial charge in [0.05, 0.1) is 6.04 Å². The minimum absolute atomic E-state index is 0.134. The molecule has 0 saturated heterocycles. The number of nitrogens with two attached hydrogens (primary N) is 1. The maximum atomic E-state index is 6.40. The smallest absolute Gasteiger partial charge is 0.122 e. The second-order valence-corrected chi connectivity index (χ2v) is 5.71. The molecule has 0 fully saturated rings. The van der Waals surface area contributed by atoms with Crippen LogP contribution in [0.15, 0.2) is 16.5 Å². The van der Waals surface area contributed by atoms with Gasteiger partial charge in [-0.2, -0.15) is 0 Å². The second-order valence-electron chi connectivity index (χ2n) is 5.71. The molecule has 1 aromatic heterocycles. The third-order valence-electron chi connectivity index (χ3n) is 3.92. The molecule has 0 aliphatic heterocycles. The van der Waals surface area contributed by atoms with E-state index in [0.29, 0.717) is 0 Å². The first kappa shape index (κ1) is 17.3. The Morgan fingerprint density at radius 2 is 1.70 bits per heavy atom. The van der Waals surface area contributed by atoms with Crippen molar-refractivity contribution >= 4 is 0 Å². The highest BCUT2D eigenvalue weighted by molar-refractivity contribution is 5.12. The number of unbranched alkanes of at least 4 members (excludes halogenated alkanes) is 2. The van der Waals surface area contributed by atoms with Crippen LogP contribution in [0, 0.1) is 6.92 Å². The summed E-state index contributed by atoms with van der Waals surface area (Å²) < 4.78 is 5.89. The van der Waals surface area contributed by atoms with Gasteiger partial charge in [-0.3, -0.25) is 4.90 Å². The molecule has 2 N–H and O–H groups in total. The Morgan fingerprint density at radius 3 is 2.10 bits per heavy atom. The number of furan rings is 1. The monoisotopic (exact) mass is 280 g/mol. The van der Waals surface area contributed by atoms with Gasteiger partial charge in [0.1, 0.15) is 11.5 Å². The first-order chi connectivity index (χ1) is 9.63. The van der Waals surface area contributed by atoms with Gasteiger partial charge in [-0.15, -0.1) is 0 Å². The van der Waals surface area contributed by atoms with Crippen LogP contribution in [0.2, 0.25) is 0 Å². The maximum Gasteiger partial charge on any atom is 0.122 e. The molecule has 0 aliphatic rings. The van der Waals surface area contributed by atoms with Crippen LogP contribution in [0.1, 0.15) is 70.4 Å². The van der Waals surface area contributed by atoms with Gasteiger partial charge in [0.25, 0.3) is 0 Å². The van der Waals surface area contributed by atoms with E-state index in [1.165, 1.54) is 25.7 Å². The number of aryl methyl sites for hydroxylation is 1. The van der Waals surface area contributed by atoms with E-state index in [-0.39, 0.29) is 12.1 Å². The van der Waals surface area contributed by atoms with Gasteiger partial charge in [0.2, 0.25) is 0 Å². The second kappa shape index (κ2) is 9.19. The predicted molar refractivity (Wildman–Crippen MR) is 85.8 cm³/mol. The zero-order chi connectivity index (χ0) is 15.0. The summed E-state index contributed by atoms with van der Waals surface area (Å²) in [7, 11) is 0. The molecule has 3 nitrogen and oxygen atoms in total. The molecule has 0 bridgehead atoms. The minimum Gasteiger partial charge on any atom is -0.465 e. The Morgan fingerprint density at radius 1 is 1.10 bits per heavy atom. The quantitative estimate of drug-likeness (QED) is 0.696. The normalized spacial score (nSPS) is 14.7. The standard InChI is InChI=1S/C17H32N2O/c1-5-8-12-19(13-9-6-2)17(15(18)7-3)16-11-10-14(4)20-16/h10-11,15,17H,5-9,12-13,18H2,1-4H3. The zero-order valence-electron chi connectivity index (χ0n) is 13.7. The molecule has 20 heavy (non-hydrogen) atoms. The number of hydrogen-bond donors (Lipinski definition) is 1. The lowest BCUT2D eigenvalue weighted by atomic mass is 10.0. The Labute approximate surface area is 124 Å². The Kier molecular flexibility index (Phi) is 7.93. The molecule has 0 radical (unpaired) electrons. The summed E-state index contributed by atoms with van der Waals surface area (Å²) in [4.78, 5) is 2.53. The molecular weight excluding hydrogens is 248 g/mol. The first-order valence-corrected chi connectivity index (χ1v) is 8.19. The largest absolute Gasteiger partial charge is 0.465 e. The Hall–Kier alpha value is -0.800. The molecule has 116 valence electrons. The summed E-state index contributed by atoms with van der Waals surface area (Å²) in [6.45, 7) is 10.8. The van der Waals surface area contributed by atoms with Crippen molar-refractivity contribution < 1.29 is 4.42 Å². The summed E-state index contributed by atoms with van der Waals surface area (Å²) in [5.41, 5.74) is 6.40. The fraction of sp³-hybridized carbons (Fsp3) is 0.765. The number of hydrogen-bond acceptors (Lipinski definition) is 3. The first-order valence-electron chi connectivity index (χ1n) is 8.19. The van der Waals surface area contributed by atoms with E-state index in [0.717, 1.165) is 31.0 Å². The average Bonchev–Trinajstić information content (AvgIpc) is 2.87. The van der Waals surface area contributed by atoms with Gasteiger partial charge in [0.15, 0.2) is 0 Å². The van der Waals surface area contributed by atoms with Crippen molar-refractivity contribution in [3.8, 4) is 0 Å². The number of nitrogens with zero attached hydrogens (tertiary/aromatic N) is 1. The van der Waals surface area contributed by atoms with Crippen LogP contribution >= 0.6 is 0 Å². The SMILES string of the molecule is CCCCN(CCCC)C(c1ccc(C)o1)C(N)CC. The third-order valence-corrected chi connectivity index (χ3v) is 3.92. The molecule has 1 rings (SSSR count). The van der Waals surface area contributed by atoms with Crippen molar-refractivity contribution in [2.24, 2.45) is 5.73 Å². The highest BCUT2D eigenvalue weighted by atomic mass is 16.3. The highest BCUT2D eigenvalue weighted by Gasteiger charge is 2.27. The maximum absolute atomic E-state index is 6.40. The Balaban J connectivity index is 2.90. The molecule has 3 heteroatoms. The molecule has 0 aliphatic carbocycles. The molecule has 2 unspecified atom stereocenters. The summed E-state index contributed by atoms with van der Waals surface area (Å²) in [6.07, 6.45) is 5.84. The molecule has 2 atom stereocenters. The summed E-state index contributed by atoms with van der Waals surface area (Å²) in [5, 5.41) is 0. The van der Waals surface area contributed by atoms with Gasteiger partial charge >= 0.3 is 0 Å². The van der Waals surface area contributed by atoms with E-state index in [2.05, 4.69) is 31.7 Å². The van der Waals surface area contributed by atoms with Crippen molar-refractivity contribution in [3.63, 3.8) is 0 Å². The fourth-order valence-electron chi connectivity index (χ4n) is 2.61. The molecule has 1 heterocycles. The van der Waals surface area contributed by atoms with Gasteiger partial charge in [-0.25, -0.2) is 0 Å². The van der Waals surface area contributed by atoms with E-state index in [4.69, 9.17) is 10.2 Å². The van der Waals surface area contributed by atoms with E-state index in [1.807, 2.05) is 13.0 Å². The third kappa shape index (κ3) is 4.95. The van der Waals surface area contributed by atoms with Gasteiger partial charge in [0, 0.05) is 6.04 Å². The average molecular weight is 280 g/mol. The molecule has 1 aromatic rings. The topological polar surface area (TPSA) is 42.4 Å². The number of rotatable bonds is 10. The lowest BCUT2D eigenvalue weighted by Gasteiger charge is -2.34. The van der Waals surface area contributed by atoms with Crippen molar-refractivity contribution in [1.29, 1.82) is 0 Å². The van der Waals surface area contributed by atoms with E-state index < -0.39 is 0 Å².